The van der Waals surface area contributed by atoms with Gasteiger partial charge >= 0.3 is 5.97 Å². The molecule has 0 saturated heterocycles. The van der Waals surface area contributed by atoms with Gasteiger partial charge in [0.1, 0.15) is 11.6 Å². The maximum absolute atomic E-state index is 13.5. The Labute approximate surface area is 93.2 Å². The molecule has 0 aromatic heterocycles. The van der Waals surface area contributed by atoms with Gasteiger partial charge < -0.3 is 15.2 Å². The van der Waals surface area contributed by atoms with Gasteiger partial charge in [0.25, 0.3) is 0 Å². The highest BCUT2D eigenvalue weighted by Gasteiger charge is 2.19. The summed E-state index contributed by atoms with van der Waals surface area (Å²) in [6.45, 7) is 0. The number of methoxy groups -OCH3 is 2. The molecule has 0 unspecified atom stereocenters. The molecule has 0 aliphatic carbocycles. The summed E-state index contributed by atoms with van der Waals surface area (Å²) in [6.07, 6.45) is -0.0895. The highest BCUT2D eigenvalue weighted by atomic mass is 19.1. The summed E-state index contributed by atoms with van der Waals surface area (Å²) in [7, 11) is 2.68. The number of esters is 1. The van der Waals surface area contributed by atoms with Crippen LogP contribution in [0.3, 0.4) is 0 Å². The molecule has 16 heavy (non-hydrogen) atoms. The van der Waals surface area contributed by atoms with Crippen molar-refractivity contribution in [1.29, 1.82) is 0 Å². The standard InChI is InChI=1S/C11H14FNO3/c1-15-9-5-3-4-7(12)11(9)8(13)6-10(14)16-2/h3-5,8H,6,13H2,1-2H3/t8-/m1/s1. The van der Waals surface area contributed by atoms with E-state index < -0.39 is 17.8 Å². The molecule has 5 heteroatoms. The maximum atomic E-state index is 13.5. The molecule has 0 aliphatic rings. The Hall–Kier alpha value is -1.62. The van der Waals surface area contributed by atoms with Gasteiger partial charge in [-0.1, -0.05) is 6.07 Å². The van der Waals surface area contributed by atoms with Crippen molar-refractivity contribution in [3.05, 3.63) is 29.6 Å². The Balaban J connectivity index is 2.97. The van der Waals surface area contributed by atoms with Crippen molar-refractivity contribution < 1.29 is 18.7 Å². The first kappa shape index (κ1) is 12.4. The minimum absolute atomic E-state index is 0.0895. The Kier molecular flexibility index (Phi) is 4.25. The van der Waals surface area contributed by atoms with E-state index >= 15 is 0 Å². The van der Waals surface area contributed by atoms with Crippen LogP contribution in [-0.4, -0.2) is 20.2 Å². The van der Waals surface area contributed by atoms with E-state index in [0.717, 1.165) is 0 Å². The monoisotopic (exact) mass is 227 g/mol. The molecule has 0 fully saturated rings. The Morgan fingerprint density at radius 2 is 2.19 bits per heavy atom. The van der Waals surface area contributed by atoms with Crippen LogP contribution in [0, 0.1) is 5.82 Å². The van der Waals surface area contributed by atoms with E-state index in [1.165, 1.54) is 26.4 Å². The number of benzene rings is 1. The third-order valence-electron chi connectivity index (χ3n) is 2.22. The first-order chi connectivity index (χ1) is 7.60. The van der Waals surface area contributed by atoms with Crippen molar-refractivity contribution >= 4 is 5.97 Å². The van der Waals surface area contributed by atoms with Crippen molar-refractivity contribution in [3.63, 3.8) is 0 Å². The van der Waals surface area contributed by atoms with Gasteiger partial charge in [-0.15, -0.1) is 0 Å². The molecule has 88 valence electrons. The zero-order chi connectivity index (χ0) is 12.1. The van der Waals surface area contributed by atoms with Crippen LogP contribution in [0.4, 0.5) is 4.39 Å². The van der Waals surface area contributed by atoms with E-state index in [1.807, 2.05) is 0 Å². The molecule has 0 aliphatic heterocycles. The molecule has 0 bridgehead atoms. The lowest BCUT2D eigenvalue weighted by molar-refractivity contribution is -0.141. The number of ether oxygens (including phenoxy) is 2. The number of carbonyl (C=O) groups is 1. The van der Waals surface area contributed by atoms with E-state index in [1.54, 1.807) is 6.07 Å². The minimum Gasteiger partial charge on any atom is -0.496 e. The van der Waals surface area contributed by atoms with E-state index in [-0.39, 0.29) is 12.0 Å². The predicted molar refractivity (Wildman–Crippen MR) is 56.5 cm³/mol. The SMILES string of the molecule is COC(=O)C[C@@H](N)c1c(F)cccc1OC. The summed E-state index contributed by atoms with van der Waals surface area (Å²) in [5.41, 5.74) is 5.92. The van der Waals surface area contributed by atoms with Gasteiger partial charge in [-0.3, -0.25) is 4.79 Å². The zero-order valence-corrected chi connectivity index (χ0v) is 9.20. The highest BCUT2D eigenvalue weighted by molar-refractivity contribution is 5.70. The zero-order valence-electron chi connectivity index (χ0n) is 9.20. The van der Waals surface area contributed by atoms with Crippen molar-refractivity contribution in [2.24, 2.45) is 5.73 Å². The largest absolute Gasteiger partial charge is 0.496 e. The van der Waals surface area contributed by atoms with Gasteiger partial charge in [0.15, 0.2) is 0 Å². The highest BCUT2D eigenvalue weighted by Crippen LogP contribution is 2.28. The maximum Gasteiger partial charge on any atom is 0.307 e. The molecule has 1 aromatic carbocycles. The second-order valence-corrected chi connectivity index (χ2v) is 3.24. The first-order valence-corrected chi connectivity index (χ1v) is 4.75. The molecule has 4 nitrogen and oxygen atoms in total. The fourth-order valence-corrected chi connectivity index (χ4v) is 1.42. The van der Waals surface area contributed by atoms with Crippen LogP contribution in [0.1, 0.15) is 18.0 Å². The van der Waals surface area contributed by atoms with Gasteiger partial charge in [-0.05, 0) is 12.1 Å². The van der Waals surface area contributed by atoms with Crippen molar-refractivity contribution in [1.82, 2.24) is 0 Å². The van der Waals surface area contributed by atoms with Crippen molar-refractivity contribution in [2.75, 3.05) is 14.2 Å². The number of hydrogen-bond acceptors (Lipinski definition) is 4. The topological polar surface area (TPSA) is 61.5 Å². The number of hydrogen-bond donors (Lipinski definition) is 1. The molecular weight excluding hydrogens is 213 g/mol. The Bertz CT molecular complexity index is 381. The molecule has 0 heterocycles. The number of carbonyl (C=O) groups excluding carboxylic acids is 1. The summed E-state index contributed by atoms with van der Waals surface area (Å²) in [5, 5.41) is 0. The van der Waals surface area contributed by atoms with Crippen LogP contribution in [-0.2, 0) is 9.53 Å². The number of nitrogens with two attached hydrogens (primary N) is 1. The van der Waals surface area contributed by atoms with Gasteiger partial charge in [-0.2, -0.15) is 0 Å². The molecule has 1 aromatic rings. The average molecular weight is 227 g/mol. The third-order valence-corrected chi connectivity index (χ3v) is 2.22. The lowest BCUT2D eigenvalue weighted by Gasteiger charge is -2.15. The van der Waals surface area contributed by atoms with E-state index in [0.29, 0.717) is 5.75 Å². The molecule has 0 saturated carbocycles. The smallest absolute Gasteiger partial charge is 0.307 e. The molecule has 0 spiro atoms. The molecule has 0 amide bonds. The van der Waals surface area contributed by atoms with Crippen LogP contribution in [0.25, 0.3) is 0 Å². The summed E-state index contributed by atoms with van der Waals surface area (Å²) in [6, 6.07) is 3.61. The predicted octanol–water partition coefficient (Wildman–Crippen LogP) is 1.40. The number of rotatable bonds is 4. The third kappa shape index (κ3) is 2.70. The van der Waals surface area contributed by atoms with Gasteiger partial charge in [0, 0.05) is 11.6 Å². The van der Waals surface area contributed by atoms with Crippen LogP contribution in [0.15, 0.2) is 18.2 Å². The van der Waals surface area contributed by atoms with Crippen LogP contribution in [0.2, 0.25) is 0 Å². The van der Waals surface area contributed by atoms with Crippen molar-refractivity contribution in [2.45, 2.75) is 12.5 Å². The summed E-state index contributed by atoms with van der Waals surface area (Å²) < 4.78 is 23.0. The van der Waals surface area contributed by atoms with Crippen LogP contribution in [0.5, 0.6) is 5.75 Å². The lowest BCUT2D eigenvalue weighted by atomic mass is 10.0. The summed E-state index contributed by atoms with van der Waals surface area (Å²) in [4.78, 5) is 11.0. The molecule has 2 N–H and O–H groups in total. The summed E-state index contributed by atoms with van der Waals surface area (Å²) in [5.74, 6) is -0.648. The van der Waals surface area contributed by atoms with Crippen molar-refractivity contribution in [3.8, 4) is 5.75 Å². The van der Waals surface area contributed by atoms with Gasteiger partial charge in [0.05, 0.1) is 20.6 Å². The van der Waals surface area contributed by atoms with E-state index in [9.17, 15) is 9.18 Å². The van der Waals surface area contributed by atoms with Gasteiger partial charge in [-0.25, -0.2) is 4.39 Å². The normalized spacial score (nSPS) is 12.0. The molecule has 1 atom stereocenters. The van der Waals surface area contributed by atoms with E-state index in [4.69, 9.17) is 10.5 Å². The number of halogens is 1. The van der Waals surface area contributed by atoms with E-state index in [2.05, 4.69) is 4.74 Å². The second kappa shape index (κ2) is 5.46. The fraction of sp³-hybridized carbons (Fsp3) is 0.364. The minimum atomic E-state index is -0.774. The molecular formula is C11H14FNO3. The molecule has 0 radical (unpaired) electrons. The summed E-state index contributed by atoms with van der Waals surface area (Å²) >= 11 is 0. The quantitative estimate of drug-likeness (QED) is 0.790. The Morgan fingerprint density at radius 1 is 1.50 bits per heavy atom. The molecule has 1 rings (SSSR count). The average Bonchev–Trinajstić information content (AvgIpc) is 2.28. The second-order valence-electron chi connectivity index (χ2n) is 3.24. The van der Waals surface area contributed by atoms with Crippen LogP contribution < -0.4 is 10.5 Å². The van der Waals surface area contributed by atoms with Crippen LogP contribution >= 0.6 is 0 Å². The lowest BCUT2D eigenvalue weighted by Crippen LogP contribution is -2.18. The Morgan fingerprint density at radius 3 is 2.75 bits per heavy atom. The fourth-order valence-electron chi connectivity index (χ4n) is 1.42. The van der Waals surface area contributed by atoms with Gasteiger partial charge in [0.2, 0.25) is 0 Å². The first-order valence-electron chi connectivity index (χ1n) is 4.75.